The molecule has 39 heavy (non-hydrogen) atoms. The van der Waals surface area contributed by atoms with Gasteiger partial charge in [0.25, 0.3) is 11.5 Å². The Labute approximate surface area is 223 Å². The molecule has 0 aliphatic carbocycles. The number of carbonyl (C=O) groups is 2. The minimum absolute atomic E-state index is 0.0554. The summed E-state index contributed by atoms with van der Waals surface area (Å²) >= 11 is 0. The second-order valence-electron chi connectivity index (χ2n) is 8.87. The largest absolute Gasteiger partial charge is 0.381 e. The molecule has 10 nitrogen and oxygen atoms in total. The summed E-state index contributed by atoms with van der Waals surface area (Å²) in [6, 6.07) is 17.6. The number of nitrogen functional groups attached to an aromatic ring is 1. The van der Waals surface area contributed by atoms with Crippen LogP contribution in [-0.4, -0.2) is 37.5 Å². The van der Waals surface area contributed by atoms with E-state index >= 15 is 0 Å². The molecule has 0 aliphatic rings. The molecule has 1 atom stereocenters. The van der Waals surface area contributed by atoms with E-state index in [1.165, 1.54) is 11.4 Å². The highest BCUT2D eigenvalue weighted by Crippen LogP contribution is 2.24. The number of hydrogen-bond acceptors (Lipinski definition) is 6. The van der Waals surface area contributed by atoms with Gasteiger partial charge in [0.1, 0.15) is 5.56 Å². The van der Waals surface area contributed by atoms with E-state index in [-0.39, 0.29) is 29.4 Å². The van der Waals surface area contributed by atoms with Crippen LogP contribution >= 0.6 is 0 Å². The van der Waals surface area contributed by atoms with Gasteiger partial charge in [0.2, 0.25) is 5.91 Å². The van der Waals surface area contributed by atoms with Crippen LogP contribution in [0.25, 0.3) is 22.1 Å². The van der Waals surface area contributed by atoms with E-state index in [2.05, 4.69) is 32.6 Å². The summed E-state index contributed by atoms with van der Waals surface area (Å²) in [5.74, 6) is 5.32. The van der Waals surface area contributed by atoms with Crippen molar-refractivity contribution in [2.75, 3.05) is 12.3 Å². The Balaban J connectivity index is 1.61. The highest BCUT2D eigenvalue weighted by Gasteiger charge is 2.23. The predicted molar refractivity (Wildman–Crippen MR) is 148 cm³/mol. The molecule has 1 unspecified atom stereocenters. The molecule has 3 heterocycles. The zero-order valence-corrected chi connectivity index (χ0v) is 21.3. The topological polar surface area (TPSA) is 136 Å². The molecule has 0 radical (unpaired) electrons. The third-order valence-corrected chi connectivity index (χ3v) is 6.18. The second-order valence-corrected chi connectivity index (χ2v) is 8.87. The Morgan fingerprint density at radius 3 is 2.67 bits per heavy atom. The number of fused-ring (bicyclic) bond motifs is 2. The smallest absolute Gasteiger partial charge is 0.264 e. The maximum Gasteiger partial charge on any atom is 0.264 e. The van der Waals surface area contributed by atoms with E-state index in [1.807, 2.05) is 48.5 Å². The van der Waals surface area contributed by atoms with Crippen molar-refractivity contribution < 1.29 is 9.59 Å². The number of aromatic nitrogens is 4. The predicted octanol–water partition coefficient (Wildman–Crippen LogP) is 2.59. The zero-order chi connectivity index (χ0) is 27.5. The lowest BCUT2D eigenvalue weighted by Crippen LogP contribution is -2.32. The number of nitrogens with one attached hydrogen (secondary N) is 2. The lowest BCUT2D eigenvalue weighted by Gasteiger charge is -2.21. The number of benzene rings is 2. The SMILES string of the molecule is CC(=O)NCC#Cc1cccc2cc(C(C)NC(=O)c3c(N)nn4cccnc34)n(-c3ccccc3)c(=O)c12. The van der Waals surface area contributed by atoms with Crippen LogP contribution in [0, 0.1) is 11.8 Å². The highest BCUT2D eigenvalue weighted by molar-refractivity contribution is 6.04. The average Bonchev–Trinajstić information content (AvgIpc) is 3.27. The Morgan fingerprint density at radius 2 is 1.90 bits per heavy atom. The molecule has 5 aromatic rings. The van der Waals surface area contributed by atoms with Crippen LogP contribution in [0.3, 0.4) is 0 Å². The number of carbonyl (C=O) groups excluding carboxylic acids is 2. The summed E-state index contributed by atoms with van der Waals surface area (Å²) in [6.07, 6.45) is 3.22. The number of amides is 2. The van der Waals surface area contributed by atoms with Crippen molar-refractivity contribution in [2.45, 2.75) is 19.9 Å². The fourth-order valence-corrected chi connectivity index (χ4v) is 4.42. The summed E-state index contributed by atoms with van der Waals surface area (Å²) in [5, 5.41) is 10.9. The van der Waals surface area contributed by atoms with Crippen LogP contribution in [0.4, 0.5) is 5.82 Å². The van der Waals surface area contributed by atoms with Gasteiger partial charge in [-0.2, -0.15) is 0 Å². The van der Waals surface area contributed by atoms with Gasteiger partial charge in [-0.3, -0.25) is 19.0 Å². The molecule has 0 saturated heterocycles. The first-order valence-corrected chi connectivity index (χ1v) is 12.2. The van der Waals surface area contributed by atoms with E-state index in [4.69, 9.17) is 5.73 Å². The van der Waals surface area contributed by atoms with Crippen LogP contribution in [0.15, 0.2) is 77.9 Å². The number of pyridine rings is 1. The molecule has 0 aliphatic heterocycles. The van der Waals surface area contributed by atoms with Crippen LogP contribution in [0.2, 0.25) is 0 Å². The number of anilines is 1. The van der Waals surface area contributed by atoms with Crippen molar-refractivity contribution in [3.63, 3.8) is 0 Å². The number of hydrogen-bond donors (Lipinski definition) is 3. The Bertz CT molecular complexity index is 1850. The van der Waals surface area contributed by atoms with Gasteiger partial charge < -0.3 is 16.4 Å². The quantitative estimate of drug-likeness (QED) is 0.305. The minimum atomic E-state index is -0.595. The molecule has 2 amide bonds. The standard InChI is InChI=1S/C29H25N7O3/c1-18(33-28(38)25-26(30)34-35-16-8-15-32-27(25)35)23-17-21-10-6-9-20(11-7-14-31-19(2)37)24(21)29(39)36(23)22-12-4-3-5-13-22/h3-6,8-10,12-13,15-18H,14H2,1-2H3,(H2,30,34)(H,31,37)(H,33,38). The third-order valence-electron chi connectivity index (χ3n) is 6.18. The van der Waals surface area contributed by atoms with Crippen molar-refractivity contribution in [3.05, 3.63) is 100 Å². The van der Waals surface area contributed by atoms with Gasteiger partial charge in [-0.1, -0.05) is 42.2 Å². The third kappa shape index (κ3) is 4.93. The van der Waals surface area contributed by atoms with Crippen LogP contribution in [0.1, 0.15) is 41.5 Å². The normalized spacial score (nSPS) is 11.5. The maximum absolute atomic E-state index is 14.0. The lowest BCUT2D eigenvalue weighted by atomic mass is 10.0. The van der Waals surface area contributed by atoms with Crippen LogP contribution < -0.4 is 21.9 Å². The first-order valence-electron chi connectivity index (χ1n) is 12.2. The van der Waals surface area contributed by atoms with Crippen molar-refractivity contribution in [2.24, 2.45) is 0 Å². The van der Waals surface area contributed by atoms with E-state index in [0.29, 0.717) is 33.4 Å². The number of nitrogens with two attached hydrogens (primary N) is 1. The van der Waals surface area contributed by atoms with Crippen molar-refractivity contribution in [3.8, 4) is 17.5 Å². The highest BCUT2D eigenvalue weighted by atomic mass is 16.2. The first-order chi connectivity index (χ1) is 18.8. The van der Waals surface area contributed by atoms with Gasteiger partial charge in [-0.15, -0.1) is 5.10 Å². The molecule has 0 spiro atoms. The number of para-hydroxylation sites is 1. The van der Waals surface area contributed by atoms with E-state index < -0.39 is 11.9 Å². The molecule has 10 heteroatoms. The molecule has 0 fully saturated rings. The Kier molecular flexibility index (Phi) is 6.80. The molecule has 2 aromatic carbocycles. The van der Waals surface area contributed by atoms with E-state index in [0.717, 1.165) is 0 Å². The number of rotatable bonds is 5. The summed E-state index contributed by atoms with van der Waals surface area (Å²) in [5.41, 5.74) is 8.01. The van der Waals surface area contributed by atoms with Gasteiger partial charge in [0.05, 0.1) is 18.0 Å². The van der Waals surface area contributed by atoms with Crippen LogP contribution in [0.5, 0.6) is 0 Å². The van der Waals surface area contributed by atoms with Gasteiger partial charge in [-0.05, 0) is 42.6 Å². The maximum atomic E-state index is 14.0. The second kappa shape index (κ2) is 10.5. The molecule has 5 rings (SSSR count). The lowest BCUT2D eigenvalue weighted by molar-refractivity contribution is -0.118. The summed E-state index contributed by atoms with van der Waals surface area (Å²) in [7, 11) is 0. The minimum Gasteiger partial charge on any atom is -0.381 e. The van der Waals surface area contributed by atoms with Crippen molar-refractivity contribution in [1.82, 2.24) is 29.8 Å². The molecular formula is C29H25N7O3. The van der Waals surface area contributed by atoms with E-state index in [9.17, 15) is 14.4 Å². The van der Waals surface area contributed by atoms with Gasteiger partial charge >= 0.3 is 0 Å². The zero-order valence-electron chi connectivity index (χ0n) is 21.3. The van der Waals surface area contributed by atoms with E-state index in [1.54, 1.807) is 36.0 Å². The monoisotopic (exact) mass is 519 g/mol. The van der Waals surface area contributed by atoms with Crippen molar-refractivity contribution in [1.29, 1.82) is 0 Å². The Morgan fingerprint density at radius 1 is 1.10 bits per heavy atom. The summed E-state index contributed by atoms with van der Waals surface area (Å²) < 4.78 is 3.02. The average molecular weight is 520 g/mol. The summed E-state index contributed by atoms with van der Waals surface area (Å²) in [4.78, 5) is 42.8. The fourth-order valence-electron chi connectivity index (χ4n) is 4.42. The first kappa shape index (κ1) is 25.2. The molecule has 4 N–H and O–H groups in total. The molecule has 194 valence electrons. The van der Waals surface area contributed by atoms with Gasteiger partial charge in [0, 0.05) is 36.3 Å². The molecule has 0 bridgehead atoms. The number of nitrogens with zero attached hydrogens (tertiary/aromatic N) is 4. The fraction of sp³-hybridized carbons (Fsp3) is 0.138. The van der Waals surface area contributed by atoms with Crippen LogP contribution in [-0.2, 0) is 4.79 Å². The van der Waals surface area contributed by atoms with Crippen molar-refractivity contribution >= 4 is 34.1 Å². The molecular weight excluding hydrogens is 494 g/mol. The molecule has 0 saturated carbocycles. The molecule has 3 aromatic heterocycles. The van der Waals surface area contributed by atoms with Gasteiger partial charge in [-0.25, -0.2) is 9.50 Å². The Hall–Kier alpha value is -5.43. The summed E-state index contributed by atoms with van der Waals surface area (Å²) in [6.45, 7) is 3.38. The van der Waals surface area contributed by atoms with Gasteiger partial charge in [0.15, 0.2) is 11.5 Å².